The lowest BCUT2D eigenvalue weighted by Crippen LogP contribution is -1.80. The van der Waals surface area contributed by atoms with E-state index in [0.29, 0.717) is 0 Å². The first-order valence-corrected chi connectivity index (χ1v) is 6.06. The van der Waals surface area contributed by atoms with Crippen molar-refractivity contribution in [2.75, 3.05) is 0 Å². The van der Waals surface area contributed by atoms with Crippen molar-refractivity contribution in [3.8, 4) is 11.3 Å². The molecule has 0 fully saturated rings. The van der Waals surface area contributed by atoms with Gasteiger partial charge in [0.15, 0.2) is 0 Å². The third-order valence-electron chi connectivity index (χ3n) is 1.79. The molecular weight excluding hydrogens is 265 g/mol. The number of alkyl halides is 1. The number of rotatable bonds is 2. The van der Waals surface area contributed by atoms with Gasteiger partial charge in [-0.2, -0.15) is 0 Å². The van der Waals surface area contributed by atoms with Crippen molar-refractivity contribution in [1.82, 2.24) is 4.98 Å². The van der Waals surface area contributed by atoms with E-state index in [1.54, 1.807) is 17.4 Å². The van der Waals surface area contributed by atoms with Gasteiger partial charge in [-0.25, -0.2) is 9.37 Å². The number of benzene rings is 1. The smallest absolute Gasteiger partial charge is 0.123 e. The molecular formula is C10H7BrFNS. The van der Waals surface area contributed by atoms with Crippen molar-refractivity contribution in [3.63, 3.8) is 0 Å². The van der Waals surface area contributed by atoms with Crippen molar-refractivity contribution in [2.45, 2.75) is 5.33 Å². The first-order chi connectivity index (χ1) is 6.79. The minimum Gasteiger partial charge on any atom is -0.240 e. The molecule has 0 saturated heterocycles. The SMILES string of the molecule is Fc1cccc(-c2csc(CBr)n2)c1. The summed E-state index contributed by atoms with van der Waals surface area (Å²) in [7, 11) is 0. The Balaban J connectivity index is 2.39. The molecule has 0 aliphatic carbocycles. The number of thiazole rings is 1. The minimum atomic E-state index is -0.226. The van der Waals surface area contributed by atoms with E-state index >= 15 is 0 Å². The summed E-state index contributed by atoms with van der Waals surface area (Å²) in [5, 5.41) is 3.68. The second-order valence-electron chi connectivity index (χ2n) is 2.77. The Morgan fingerprint density at radius 2 is 2.29 bits per heavy atom. The first-order valence-electron chi connectivity index (χ1n) is 4.06. The molecule has 0 aliphatic rings. The average molecular weight is 272 g/mol. The molecule has 1 heterocycles. The molecule has 1 aromatic heterocycles. The van der Waals surface area contributed by atoms with Gasteiger partial charge in [0.2, 0.25) is 0 Å². The predicted molar refractivity (Wildman–Crippen MR) is 60.1 cm³/mol. The van der Waals surface area contributed by atoms with Crippen LogP contribution in [0.2, 0.25) is 0 Å². The van der Waals surface area contributed by atoms with Crippen LogP contribution in [0.15, 0.2) is 29.6 Å². The Bertz CT molecular complexity index is 441. The molecule has 4 heteroatoms. The van der Waals surface area contributed by atoms with Gasteiger partial charge < -0.3 is 0 Å². The van der Waals surface area contributed by atoms with Crippen LogP contribution in [0.4, 0.5) is 4.39 Å². The van der Waals surface area contributed by atoms with Crippen molar-refractivity contribution in [3.05, 3.63) is 40.5 Å². The third-order valence-corrected chi connectivity index (χ3v) is 3.54. The summed E-state index contributed by atoms with van der Waals surface area (Å²) in [4.78, 5) is 4.35. The summed E-state index contributed by atoms with van der Waals surface area (Å²) < 4.78 is 12.9. The van der Waals surface area contributed by atoms with Gasteiger partial charge in [0, 0.05) is 10.9 Å². The Morgan fingerprint density at radius 1 is 1.43 bits per heavy atom. The maximum absolute atomic E-state index is 12.9. The van der Waals surface area contributed by atoms with E-state index in [1.807, 2.05) is 11.4 Å². The van der Waals surface area contributed by atoms with Crippen molar-refractivity contribution in [1.29, 1.82) is 0 Å². The molecule has 2 rings (SSSR count). The normalized spacial score (nSPS) is 10.4. The largest absolute Gasteiger partial charge is 0.240 e. The number of nitrogens with zero attached hydrogens (tertiary/aromatic N) is 1. The van der Waals surface area contributed by atoms with Gasteiger partial charge in [0.25, 0.3) is 0 Å². The lowest BCUT2D eigenvalue weighted by molar-refractivity contribution is 0.628. The van der Waals surface area contributed by atoms with E-state index in [2.05, 4.69) is 20.9 Å². The maximum atomic E-state index is 12.9. The zero-order chi connectivity index (χ0) is 9.97. The van der Waals surface area contributed by atoms with Crippen LogP contribution in [0.25, 0.3) is 11.3 Å². The van der Waals surface area contributed by atoms with Crippen LogP contribution in [0, 0.1) is 5.82 Å². The summed E-state index contributed by atoms with van der Waals surface area (Å²) in [6.45, 7) is 0. The molecule has 0 amide bonds. The molecule has 0 saturated carbocycles. The van der Waals surface area contributed by atoms with Crippen molar-refractivity contribution in [2.24, 2.45) is 0 Å². The fraction of sp³-hybridized carbons (Fsp3) is 0.100. The lowest BCUT2D eigenvalue weighted by atomic mass is 10.2. The summed E-state index contributed by atoms with van der Waals surface area (Å²) >= 11 is 4.90. The van der Waals surface area contributed by atoms with Crippen molar-refractivity contribution >= 4 is 27.3 Å². The van der Waals surface area contributed by atoms with Gasteiger partial charge in [0.1, 0.15) is 10.8 Å². The fourth-order valence-corrected chi connectivity index (χ4v) is 2.33. The second-order valence-corrected chi connectivity index (χ2v) is 4.27. The Morgan fingerprint density at radius 3 is 2.93 bits per heavy atom. The zero-order valence-corrected chi connectivity index (χ0v) is 9.61. The first kappa shape index (κ1) is 9.80. The molecule has 0 unspecified atom stereocenters. The highest BCUT2D eigenvalue weighted by Gasteiger charge is 2.03. The van der Waals surface area contributed by atoms with E-state index in [1.165, 1.54) is 12.1 Å². The van der Waals surface area contributed by atoms with E-state index in [9.17, 15) is 4.39 Å². The van der Waals surface area contributed by atoms with Crippen LogP contribution in [0.1, 0.15) is 5.01 Å². The second kappa shape index (κ2) is 4.19. The standard InChI is InChI=1S/C10H7BrFNS/c11-5-10-13-9(6-14-10)7-2-1-3-8(12)4-7/h1-4,6H,5H2. The van der Waals surface area contributed by atoms with E-state index < -0.39 is 0 Å². The highest BCUT2D eigenvalue weighted by atomic mass is 79.9. The van der Waals surface area contributed by atoms with Crippen LogP contribution in [0.3, 0.4) is 0 Å². The van der Waals surface area contributed by atoms with Gasteiger partial charge in [-0.3, -0.25) is 0 Å². The van der Waals surface area contributed by atoms with Crippen molar-refractivity contribution < 1.29 is 4.39 Å². The van der Waals surface area contributed by atoms with Gasteiger partial charge in [-0.05, 0) is 12.1 Å². The molecule has 72 valence electrons. The average Bonchev–Trinajstić information content (AvgIpc) is 2.66. The fourth-order valence-electron chi connectivity index (χ4n) is 1.15. The molecule has 0 spiro atoms. The molecule has 1 nitrogen and oxygen atoms in total. The van der Waals surface area contributed by atoms with E-state index in [4.69, 9.17) is 0 Å². The third kappa shape index (κ3) is 2.01. The Kier molecular flexibility index (Phi) is 2.93. The molecule has 2 aromatic rings. The molecule has 14 heavy (non-hydrogen) atoms. The molecule has 0 atom stereocenters. The number of halogens is 2. The number of hydrogen-bond acceptors (Lipinski definition) is 2. The quantitative estimate of drug-likeness (QED) is 0.757. The highest BCUT2D eigenvalue weighted by Crippen LogP contribution is 2.23. The molecule has 0 N–H and O–H groups in total. The van der Waals surface area contributed by atoms with Crippen LogP contribution in [0.5, 0.6) is 0 Å². The van der Waals surface area contributed by atoms with Gasteiger partial charge in [-0.1, -0.05) is 28.1 Å². The molecule has 0 aliphatic heterocycles. The topological polar surface area (TPSA) is 12.9 Å². The van der Waals surface area contributed by atoms with Crippen LogP contribution < -0.4 is 0 Å². The summed E-state index contributed by atoms with van der Waals surface area (Å²) in [5.74, 6) is -0.226. The number of aromatic nitrogens is 1. The van der Waals surface area contributed by atoms with E-state index in [-0.39, 0.29) is 5.82 Å². The maximum Gasteiger partial charge on any atom is 0.123 e. The van der Waals surface area contributed by atoms with E-state index in [0.717, 1.165) is 21.6 Å². The van der Waals surface area contributed by atoms with Crippen LogP contribution in [-0.4, -0.2) is 4.98 Å². The lowest BCUT2D eigenvalue weighted by Gasteiger charge is -1.95. The molecule has 0 radical (unpaired) electrons. The van der Waals surface area contributed by atoms with Gasteiger partial charge >= 0.3 is 0 Å². The Hall–Kier alpha value is -0.740. The van der Waals surface area contributed by atoms with Crippen LogP contribution >= 0.6 is 27.3 Å². The summed E-state index contributed by atoms with van der Waals surface area (Å²) in [6.07, 6.45) is 0. The monoisotopic (exact) mass is 271 g/mol. The zero-order valence-electron chi connectivity index (χ0n) is 7.21. The molecule has 0 bridgehead atoms. The molecule has 1 aromatic carbocycles. The summed E-state index contributed by atoms with van der Waals surface area (Å²) in [5.41, 5.74) is 1.66. The predicted octanol–water partition coefficient (Wildman–Crippen LogP) is 3.84. The Labute approximate surface area is 93.7 Å². The number of hydrogen-bond donors (Lipinski definition) is 0. The van der Waals surface area contributed by atoms with Gasteiger partial charge in [0.05, 0.1) is 11.0 Å². The van der Waals surface area contributed by atoms with Gasteiger partial charge in [-0.15, -0.1) is 11.3 Å². The minimum absolute atomic E-state index is 0.226. The van der Waals surface area contributed by atoms with Crippen LogP contribution in [-0.2, 0) is 5.33 Å². The highest BCUT2D eigenvalue weighted by molar-refractivity contribution is 9.08. The summed E-state index contributed by atoms with van der Waals surface area (Å²) in [6, 6.07) is 6.47.